The first kappa shape index (κ1) is 18.4. The van der Waals surface area contributed by atoms with E-state index in [2.05, 4.69) is 13.8 Å². The van der Waals surface area contributed by atoms with Crippen molar-refractivity contribution in [3.63, 3.8) is 0 Å². The maximum absolute atomic E-state index is 12.0. The molecular weight excluding hydrogens is 236 g/mol. The fourth-order valence-electron chi connectivity index (χ4n) is 2.26. The number of rotatable bonds is 13. The highest BCUT2D eigenvalue weighted by Crippen LogP contribution is 2.09. The highest BCUT2D eigenvalue weighted by Gasteiger charge is 2.11. The Morgan fingerprint density at radius 1 is 0.842 bits per heavy atom. The van der Waals surface area contributed by atoms with E-state index in [4.69, 9.17) is 5.73 Å². The molecular formula is C16H34N2O. The van der Waals surface area contributed by atoms with Crippen LogP contribution in [0.4, 0.5) is 0 Å². The van der Waals surface area contributed by atoms with Crippen molar-refractivity contribution < 1.29 is 4.79 Å². The molecule has 0 aliphatic heterocycles. The molecule has 19 heavy (non-hydrogen) atoms. The molecule has 0 aliphatic rings. The molecule has 0 unspecified atom stereocenters. The zero-order chi connectivity index (χ0) is 14.3. The Morgan fingerprint density at radius 3 is 2.00 bits per heavy atom. The van der Waals surface area contributed by atoms with E-state index in [9.17, 15) is 4.79 Å². The van der Waals surface area contributed by atoms with Crippen LogP contribution in [0.25, 0.3) is 0 Å². The molecule has 0 fully saturated rings. The van der Waals surface area contributed by atoms with Gasteiger partial charge >= 0.3 is 0 Å². The standard InChI is InChI=1S/C16H34N2O/c1-3-5-7-8-9-10-11-12-16(19)18(15-13-17)14-6-4-2/h3-15,17H2,1-2H3. The van der Waals surface area contributed by atoms with Crippen molar-refractivity contribution in [2.45, 2.75) is 78.1 Å². The summed E-state index contributed by atoms with van der Waals surface area (Å²) in [5.41, 5.74) is 5.57. The molecule has 0 rings (SSSR count). The summed E-state index contributed by atoms with van der Waals surface area (Å²) in [7, 11) is 0. The van der Waals surface area contributed by atoms with Crippen molar-refractivity contribution in [3.05, 3.63) is 0 Å². The summed E-state index contributed by atoms with van der Waals surface area (Å²) in [5.74, 6) is 0.299. The minimum atomic E-state index is 0.299. The van der Waals surface area contributed by atoms with Gasteiger partial charge in [0.2, 0.25) is 5.91 Å². The van der Waals surface area contributed by atoms with Crippen LogP contribution >= 0.6 is 0 Å². The Kier molecular flexibility index (Phi) is 13.4. The molecule has 0 saturated heterocycles. The fraction of sp³-hybridized carbons (Fsp3) is 0.938. The van der Waals surface area contributed by atoms with Gasteiger partial charge in [-0.2, -0.15) is 0 Å². The van der Waals surface area contributed by atoms with E-state index >= 15 is 0 Å². The quantitative estimate of drug-likeness (QED) is 0.519. The summed E-state index contributed by atoms with van der Waals surface area (Å²) in [4.78, 5) is 14.0. The molecule has 0 aliphatic carbocycles. The molecule has 0 aromatic rings. The van der Waals surface area contributed by atoms with E-state index in [1.807, 2.05) is 4.90 Å². The van der Waals surface area contributed by atoms with Crippen molar-refractivity contribution >= 4 is 5.91 Å². The summed E-state index contributed by atoms with van der Waals surface area (Å²) < 4.78 is 0. The Bertz CT molecular complexity index is 207. The van der Waals surface area contributed by atoms with Crippen molar-refractivity contribution in [2.75, 3.05) is 19.6 Å². The molecule has 114 valence electrons. The second-order valence-corrected chi connectivity index (χ2v) is 5.39. The highest BCUT2D eigenvalue weighted by atomic mass is 16.2. The third-order valence-corrected chi connectivity index (χ3v) is 3.53. The van der Waals surface area contributed by atoms with E-state index in [0.717, 1.165) is 32.4 Å². The number of carbonyl (C=O) groups is 1. The highest BCUT2D eigenvalue weighted by molar-refractivity contribution is 5.76. The minimum absolute atomic E-state index is 0.299. The van der Waals surface area contributed by atoms with Gasteiger partial charge in [-0.15, -0.1) is 0 Å². The van der Waals surface area contributed by atoms with Crippen LogP contribution in [0.15, 0.2) is 0 Å². The number of unbranched alkanes of at least 4 members (excludes halogenated alkanes) is 7. The monoisotopic (exact) mass is 270 g/mol. The van der Waals surface area contributed by atoms with Gasteiger partial charge in [0.15, 0.2) is 0 Å². The molecule has 0 spiro atoms. The first-order chi connectivity index (χ1) is 9.26. The molecule has 0 saturated carbocycles. The lowest BCUT2D eigenvalue weighted by Crippen LogP contribution is -2.35. The van der Waals surface area contributed by atoms with E-state index in [-0.39, 0.29) is 0 Å². The van der Waals surface area contributed by atoms with Crippen molar-refractivity contribution in [3.8, 4) is 0 Å². The largest absolute Gasteiger partial charge is 0.341 e. The third-order valence-electron chi connectivity index (χ3n) is 3.53. The number of nitrogens with zero attached hydrogens (tertiary/aromatic N) is 1. The van der Waals surface area contributed by atoms with Gasteiger partial charge in [0.25, 0.3) is 0 Å². The zero-order valence-corrected chi connectivity index (χ0v) is 13.1. The van der Waals surface area contributed by atoms with Gasteiger partial charge in [0.05, 0.1) is 0 Å². The lowest BCUT2D eigenvalue weighted by Gasteiger charge is -2.21. The van der Waals surface area contributed by atoms with Crippen molar-refractivity contribution in [1.82, 2.24) is 4.90 Å². The zero-order valence-electron chi connectivity index (χ0n) is 13.1. The molecule has 3 nitrogen and oxygen atoms in total. The smallest absolute Gasteiger partial charge is 0.222 e. The average Bonchev–Trinajstić information content (AvgIpc) is 2.42. The van der Waals surface area contributed by atoms with E-state index < -0.39 is 0 Å². The Hall–Kier alpha value is -0.570. The van der Waals surface area contributed by atoms with Crippen LogP contribution in [0.2, 0.25) is 0 Å². The number of nitrogens with two attached hydrogens (primary N) is 1. The Morgan fingerprint density at radius 2 is 1.42 bits per heavy atom. The van der Waals surface area contributed by atoms with Gasteiger partial charge in [-0.05, 0) is 12.8 Å². The average molecular weight is 270 g/mol. The van der Waals surface area contributed by atoms with Gasteiger partial charge in [0.1, 0.15) is 0 Å². The van der Waals surface area contributed by atoms with E-state index in [1.165, 1.54) is 38.5 Å². The van der Waals surface area contributed by atoms with Crippen molar-refractivity contribution in [1.29, 1.82) is 0 Å². The van der Waals surface area contributed by atoms with Crippen LogP contribution in [0.3, 0.4) is 0 Å². The number of hydrogen-bond acceptors (Lipinski definition) is 2. The molecule has 0 bridgehead atoms. The molecule has 0 atom stereocenters. The second kappa shape index (κ2) is 13.9. The topological polar surface area (TPSA) is 46.3 Å². The predicted octanol–water partition coefficient (Wildman–Crippen LogP) is 3.71. The van der Waals surface area contributed by atoms with Gasteiger partial charge in [-0.1, -0.05) is 58.8 Å². The Balaban J connectivity index is 3.62. The number of carbonyl (C=O) groups excluding carboxylic acids is 1. The summed E-state index contributed by atoms with van der Waals surface area (Å²) in [6, 6.07) is 0. The maximum atomic E-state index is 12.0. The summed E-state index contributed by atoms with van der Waals surface area (Å²) in [6.45, 7) is 6.56. The first-order valence-electron chi connectivity index (χ1n) is 8.24. The van der Waals surface area contributed by atoms with Gasteiger partial charge in [0, 0.05) is 26.1 Å². The third kappa shape index (κ3) is 11.0. The summed E-state index contributed by atoms with van der Waals surface area (Å²) in [5, 5.41) is 0. The molecule has 3 heteroatoms. The molecule has 0 aromatic carbocycles. The second-order valence-electron chi connectivity index (χ2n) is 5.39. The van der Waals surface area contributed by atoms with Crippen LogP contribution in [0.5, 0.6) is 0 Å². The maximum Gasteiger partial charge on any atom is 0.222 e. The predicted molar refractivity (Wildman–Crippen MR) is 83.2 cm³/mol. The van der Waals surface area contributed by atoms with E-state index in [1.54, 1.807) is 0 Å². The van der Waals surface area contributed by atoms with Crippen molar-refractivity contribution in [2.24, 2.45) is 5.73 Å². The molecule has 0 aromatic heterocycles. The lowest BCUT2D eigenvalue weighted by atomic mass is 10.1. The molecule has 2 N–H and O–H groups in total. The van der Waals surface area contributed by atoms with Gasteiger partial charge < -0.3 is 10.6 Å². The lowest BCUT2D eigenvalue weighted by molar-refractivity contribution is -0.131. The van der Waals surface area contributed by atoms with E-state index in [0.29, 0.717) is 18.9 Å². The van der Waals surface area contributed by atoms with Crippen LogP contribution < -0.4 is 5.73 Å². The SMILES string of the molecule is CCCCCCCCCC(=O)N(CCN)CCCC. The van der Waals surface area contributed by atoms with Crippen LogP contribution in [0, 0.1) is 0 Å². The normalized spacial score (nSPS) is 10.7. The Labute approximate surface area is 119 Å². The molecule has 1 amide bonds. The first-order valence-corrected chi connectivity index (χ1v) is 8.24. The number of hydrogen-bond donors (Lipinski definition) is 1. The van der Waals surface area contributed by atoms with Gasteiger partial charge in [-0.25, -0.2) is 0 Å². The summed E-state index contributed by atoms with van der Waals surface area (Å²) >= 11 is 0. The number of amides is 1. The molecule has 0 heterocycles. The minimum Gasteiger partial charge on any atom is -0.341 e. The summed E-state index contributed by atoms with van der Waals surface area (Å²) in [6.07, 6.45) is 11.7. The van der Waals surface area contributed by atoms with Crippen LogP contribution in [-0.2, 0) is 4.79 Å². The molecule has 0 radical (unpaired) electrons. The fourth-order valence-corrected chi connectivity index (χ4v) is 2.26. The van der Waals surface area contributed by atoms with Gasteiger partial charge in [-0.3, -0.25) is 4.79 Å². The van der Waals surface area contributed by atoms with Crippen LogP contribution in [0.1, 0.15) is 78.1 Å². The van der Waals surface area contributed by atoms with Crippen LogP contribution in [-0.4, -0.2) is 30.4 Å².